The van der Waals surface area contributed by atoms with Gasteiger partial charge in [-0.25, -0.2) is 4.79 Å². The molecule has 0 saturated carbocycles. The fraction of sp³-hybridized carbons (Fsp3) is 0.900. The molecular formula is C20H40N6O3. The van der Waals surface area contributed by atoms with E-state index in [2.05, 4.69) is 27.4 Å². The van der Waals surface area contributed by atoms with Gasteiger partial charge in [-0.05, 0) is 27.7 Å². The molecule has 29 heavy (non-hydrogen) atoms. The van der Waals surface area contributed by atoms with Gasteiger partial charge >= 0.3 is 6.09 Å². The van der Waals surface area contributed by atoms with Gasteiger partial charge < -0.3 is 25.0 Å². The second-order valence-corrected chi connectivity index (χ2v) is 8.45. The van der Waals surface area contributed by atoms with Gasteiger partial charge in [-0.3, -0.25) is 14.8 Å². The van der Waals surface area contributed by atoms with E-state index < -0.39 is 5.60 Å². The lowest BCUT2D eigenvalue weighted by molar-refractivity contribution is 0.0148. The zero-order valence-electron chi connectivity index (χ0n) is 18.7. The lowest BCUT2D eigenvalue weighted by Crippen LogP contribution is -2.50. The van der Waals surface area contributed by atoms with Crippen LogP contribution in [0.4, 0.5) is 4.79 Å². The van der Waals surface area contributed by atoms with E-state index in [-0.39, 0.29) is 6.09 Å². The molecule has 2 aliphatic rings. The summed E-state index contributed by atoms with van der Waals surface area (Å²) >= 11 is 0. The van der Waals surface area contributed by atoms with Gasteiger partial charge in [0.15, 0.2) is 5.96 Å². The first-order chi connectivity index (χ1) is 13.9. The summed E-state index contributed by atoms with van der Waals surface area (Å²) < 4.78 is 10.8. The smallest absolute Gasteiger partial charge is 0.410 e. The molecule has 168 valence electrons. The van der Waals surface area contributed by atoms with Crippen LogP contribution in [0, 0.1) is 0 Å². The second-order valence-electron chi connectivity index (χ2n) is 8.45. The molecule has 0 aromatic heterocycles. The first-order valence-electron chi connectivity index (χ1n) is 10.9. The Labute approximate surface area is 175 Å². The molecule has 0 bridgehead atoms. The highest BCUT2D eigenvalue weighted by Gasteiger charge is 2.25. The predicted molar refractivity (Wildman–Crippen MR) is 115 cm³/mol. The van der Waals surface area contributed by atoms with Crippen molar-refractivity contribution in [1.29, 1.82) is 0 Å². The minimum atomic E-state index is -0.444. The number of carbonyl (C=O) groups is 1. The Hall–Kier alpha value is -1.58. The highest BCUT2D eigenvalue weighted by Crippen LogP contribution is 2.11. The molecule has 2 N–H and O–H groups in total. The van der Waals surface area contributed by atoms with E-state index >= 15 is 0 Å². The van der Waals surface area contributed by atoms with Gasteiger partial charge in [-0.1, -0.05) is 0 Å². The van der Waals surface area contributed by atoms with E-state index in [0.29, 0.717) is 13.1 Å². The second kappa shape index (κ2) is 12.2. The number of nitrogens with one attached hydrogen (secondary N) is 2. The van der Waals surface area contributed by atoms with Gasteiger partial charge in [0.1, 0.15) is 5.60 Å². The van der Waals surface area contributed by atoms with Crippen molar-refractivity contribution in [2.75, 3.05) is 85.2 Å². The molecule has 0 radical (unpaired) electrons. The van der Waals surface area contributed by atoms with Gasteiger partial charge in [0.05, 0.1) is 19.8 Å². The lowest BCUT2D eigenvalue weighted by Gasteiger charge is -2.35. The van der Waals surface area contributed by atoms with Crippen LogP contribution in [-0.2, 0) is 9.47 Å². The molecular weight excluding hydrogens is 372 g/mol. The number of hydrogen-bond donors (Lipinski definition) is 2. The van der Waals surface area contributed by atoms with Crippen molar-refractivity contribution in [3.8, 4) is 0 Å². The van der Waals surface area contributed by atoms with E-state index in [1.165, 1.54) is 0 Å². The molecule has 1 amide bonds. The first-order valence-corrected chi connectivity index (χ1v) is 10.9. The number of guanidine groups is 1. The third kappa shape index (κ3) is 9.64. The van der Waals surface area contributed by atoms with Gasteiger partial charge in [0.2, 0.25) is 0 Å². The maximum Gasteiger partial charge on any atom is 0.410 e. The molecule has 2 fully saturated rings. The van der Waals surface area contributed by atoms with E-state index in [0.717, 1.165) is 78.1 Å². The molecule has 9 heteroatoms. The molecule has 9 nitrogen and oxygen atoms in total. The van der Waals surface area contributed by atoms with Gasteiger partial charge in [0.25, 0.3) is 0 Å². The van der Waals surface area contributed by atoms with Crippen molar-refractivity contribution in [3.63, 3.8) is 0 Å². The van der Waals surface area contributed by atoms with Crippen LogP contribution in [0.1, 0.15) is 27.7 Å². The van der Waals surface area contributed by atoms with Gasteiger partial charge in [0, 0.05) is 65.4 Å². The summed E-state index contributed by atoms with van der Waals surface area (Å²) in [4.78, 5) is 23.4. The Morgan fingerprint density at radius 2 is 1.66 bits per heavy atom. The van der Waals surface area contributed by atoms with E-state index in [4.69, 9.17) is 14.5 Å². The molecule has 2 rings (SSSR count). The number of rotatable bonds is 7. The maximum absolute atomic E-state index is 12.1. The zero-order chi connectivity index (χ0) is 21.1. The van der Waals surface area contributed by atoms with Crippen molar-refractivity contribution < 1.29 is 14.3 Å². The predicted octanol–water partition coefficient (Wildman–Crippen LogP) is 0.426. The SMILES string of the molecule is CCNC(=NCCN1CCN(C(=O)OC(C)(C)C)CC1)NCCN1CCOCC1. The Bertz CT molecular complexity index is 509. The molecule has 0 aliphatic carbocycles. The van der Waals surface area contributed by atoms with Crippen molar-refractivity contribution in [2.45, 2.75) is 33.3 Å². The van der Waals surface area contributed by atoms with Crippen LogP contribution in [0.15, 0.2) is 4.99 Å². The molecule has 0 aromatic carbocycles. The Kier molecular flexibility index (Phi) is 9.96. The molecule has 0 atom stereocenters. The summed E-state index contributed by atoms with van der Waals surface area (Å²) in [5, 5.41) is 6.73. The maximum atomic E-state index is 12.1. The third-order valence-corrected chi connectivity index (χ3v) is 4.88. The Morgan fingerprint density at radius 3 is 2.28 bits per heavy atom. The number of ether oxygens (including phenoxy) is 2. The first kappa shape index (κ1) is 23.7. The van der Waals surface area contributed by atoms with Crippen LogP contribution in [0.2, 0.25) is 0 Å². The van der Waals surface area contributed by atoms with Crippen molar-refractivity contribution in [1.82, 2.24) is 25.3 Å². The normalized spacial score (nSPS) is 19.9. The molecule has 2 heterocycles. The number of amides is 1. The standard InChI is InChI=1S/C20H40N6O3/c1-5-21-18(23-7-9-25-14-16-28-17-15-25)22-6-8-24-10-12-26(13-11-24)19(27)29-20(2,3)4/h5-17H2,1-4H3,(H2,21,22,23). The largest absolute Gasteiger partial charge is 0.444 e. The zero-order valence-corrected chi connectivity index (χ0v) is 18.7. The third-order valence-electron chi connectivity index (χ3n) is 4.88. The fourth-order valence-electron chi connectivity index (χ4n) is 3.28. The van der Waals surface area contributed by atoms with E-state index in [1.54, 1.807) is 4.90 Å². The monoisotopic (exact) mass is 412 g/mol. The average molecular weight is 413 g/mol. The average Bonchev–Trinajstić information content (AvgIpc) is 2.68. The number of piperazine rings is 1. The molecule has 2 saturated heterocycles. The Morgan fingerprint density at radius 1 is 1.00 bits per heavy atom. The fourth-order valence-corrected chi connectivity index (χ4v) is 3.28. The van der Waals surface area contributed by atoms with Crippen LogP contribution in [0.5, 0.6) is 0 Å². The van der Waals surface area contributed by atoms with E-state index in [9.17, 15) is 4.79 Å². The number of aliphatic imine (C=N–C) groups is 1. The summed E-state index contributed by atoms with van der Waals surface area (Å²) in [5.74, 6) is 0.869. The van der Waals surface area contributed by atoms with Crippen LogP contribution in [0.3, 0.4) is 0 Å². The minimum Gasteiger partial charge on any atom is -0.444 e. The summed E-state index contributed by atoms with van der Waals surface area (Å²) in [6, 6.07) is 0. The molecule has 0 spiro atoms. The summed E-state index contributed by atoms with van der Waals surface area (Å²) in [7, 11) is 0. The van der Waals surface area contributed by atoms with E-state index in [1.807, 2.05) is 20.8 Å². The summed E-state index contributed by atoms with van der Waals surface area (Å²) in [5.41, 5.74) is -0.444. The highest BCUT2D eigenvalue weighted by atomic mass is 16.6. The molecule has 0 unspecified atom stereocenters. The quantitative estimate of drug-likeness (QED) is 0.463. The van der Waals surface area contributed by atoms with Crippen LogP contribution in [-0.4, -0.2) is 118 Å². The Balaban J connectivity index is 1.65. The molecule has 0 aromatic rings. The lowest BCUT2D eigenvalue weighted by atomic mass is 10.2. The summed E-state index contributed by atoms with van der Waals surface area (Å²) in [6.07, 6.45) is -0.214. The van der Waals surface area contributed by atoms with Crippen molar-refractivity contribution in [2.24, 2.45) is 4.99 Å². The molecule has 2 aliphatic heterocycles. The highest BCUT2D eigenvalue weighted by molar-refractivity contribution is 5.79. The number of hydrogen-bond acceptors (Lipinski definition) is 6. The number of nitrogens with zero attached hydrogens (tertiary/aromatic N) is 4. The summed E-state index contributed by atoms with van der Waals surface area (Å²) in [6.45, 7) is 18.9. The number of carbonyl (C=O) groups excluding carboxylic acids is 1. The van der Waals surface area contributed by atoms with Crippen molar-refractivity contribution in [3.05, 3.63) is 0 Å². The van der Waals surface area contributed by atoms with Crippen LogP contribution < -0.4 is 10.6 Å². The minimum absolute atomic E-state index is 0.214. The topological polar surface area (TPSA) is 81.7 Å². The number of morpholine rings is 1. The van der Waals surface area contributed by atoms with Crippen LogP contribution in [0.25, 0.3) is 0 Å². The van der Waals surface area contributed by atoms with Crippen molar-refractivity contribution >= 4 is 12.1 Å². The van der Waals surface area contributed by atoms with Gasteiger partial charge in [-0.2, -0.15) is 0 Å². The van der Waals surface area contributed by atoms with Gasteiger partial charge in [-0.15, -0.1) is 0 Å². The van der Waals surface area contributed by atoms with Crippen LogP contribution >= 0.6 is 0 Å².